The average Bonchev–Trinajstić information content (AvgIpc) is 2.56. The van der Waals surface area contributed by atoms with Gasteiger partial charge in [0.05, 0.1) is 0 Å². The molecule has 23 heavy (non-hydrogen) atoms. The van der Waals surface area contributed by atoms with E-state index in [9.17, 15) is 9.59 Å². The van der Waals surface area contributed by atoms with Gasteiger partial charge in [0.15, 0.2) is 0 Å². The molecule has 5 nitrogen and oxygen atoms in total. The molecule has 0 radical (unpaired) electrons. The van der Waals surface area contributed by atoms with Crippen LogP contribution in [0.2, 0.25) is 0 Å². The van der Waals surface area contributed by atoms with E-state index in [1.165, 1.54) is 17.1 Å². The van der Waals surface area contributed by atoms with Gasteiger partial charge in [-0.1, -0.05) is 49.6 Å². The highest BCUT2D eigenvalue weighted by Gasteiger charge is 2.19. The van der Waals surface area contributed by atoms with E-state index >= 15 is 0 Å². The van der Waals surface area contributed by atoms with E-state index in [0.717, 1.165) is 31.2 Å². The largest absolute Gasteiger partial charge is 0.365 e. The molecule has 122 valence electrons. The number of aromatic nitrogens is 2. The van der Waals surface area contributed by atoms with Crippen LogP contribution in [0.3, 0.4) is 0 Å². The minimum Gasteiger partial charge on any atom is -0.365 e. The summed E-state index contributed by atoms with van der Waals surface area (Å²) < 4.78 is 1.39. The highest BCUT2D eigenvalue weighted by Crippen LogP contribution is 2.25. The zero-order valence-corrected chi connectivity index (χ0v) is 13.4. The van der Waals surface area contributed by atoms with Crippen LogP contribution in [-0.2, 0) is 0 Å². The Morgan fingerprint density at radius 3 is 2.48 bits per heavy atom. The van der Waals surface area contributed by atoms with Gasteiger partial charge in [-0.25, -0.2) is 4.79 Å². The van der Waals surface area contributed by atoms with Gasteiger partial charge < -0.3 is 5.32 Å². The van der Waals surface area contributed by atoms with Crippen LogP contribution >= 0.6 is 0 Å². The first-order chi connectivity index (χ1) is 11.1. The molecule has 1 saturated carbocycles. The van der Waals surface area contributed by atoms with Crippen molar-refractivity contribution < 1.29 is 0 Å². The van der Waals surface area contributed by atoms with Gasteiger partial charge in [0.2, 0.25) is 0 Å². The summed E-state index contributed by atoms with van der Waals surface area (Å²) in [5.74, 6) is 0.475. The second kappa shape index (κ2) is 6.86. The Morgan fingerprint density at radius 1 is 1.13 bits per heavy atom. The van der Waals surface area contributed by atoms with Crippen LogP contribution in [0.4, 0.5) is 5.82 Å². The maximum Gasteiger partial charge on any atom is 0.330 e. The van der Waals surface area contributed by atoms with Crippen molar-refractivity contribution in [3.63, 3.8) is 0 Å². The number of hydrogen-bond donors (Lipinski definition) is 2. The van der Waals surface area contributed by atoms with Crippen LogP contribution in [0, 0.1) is 0 Å². The fraction of sp³-hybridized carbons (Fsp3) is 0.444. The summed E-state index contributed by atoms with van der Waals surface area (Å²) >= 11 is 0. The molecule has 1 aromatic carbocycles. The van der Waals surface area contributed by atoms with Gasteiger partial charge in [0.1, 0.15) is 5.82 Å². The molecule has 1 aliphatic carbocycles. The number of aromatic amines is 1. The van der Waals surface area contributed by atoms with Gasteiger partial charge in [-0.2, -0.15) is 0 Å². The molecular weight excluding hydrogens is 290 g/mol. The number of rotatable bonds is 4. The Bertz CT molecular complexity index is 727. The number of benzene rings is 1. The zero-order valence-electron chi connectivity index (χ0n) is 13.4. The summed E-state index contributed by atoms with van der Waals surface area (Å²) in [6.07, 6.45) is 5.19. The maximum atomic E-state index is 12.4. The van der Waals surface area contributed by atoms with Crippen molar-refractivity contribution >= 4 is 5.82 Å². The van der Waals surface area contributed by atoms with E-state index in [4.69, 9.17) is 0 Å². The first kappa shape index (κ1) is 15.6. The van der Waals surface area contributed by atoms with Crippen molar-refractivity contribution in [1.82, 2.24) is 9.55 Å². The monoisotopic (exact) mass is 313 g/mol. The van der Waals surface area contributed by atoms with Crippen molar-refractivity contribution in [3.05, 3.63) is 62.8 Å². The number of anilines is 1. The van der Waals surface area contributed by atoms with Crippen LogP contribution in [0.1, 0.15) is 56.7 Å². The standard InChI is InChI=1S/C18H23N3O2/c1-13(14-8-4-2-5-9-14)19-16-12-17(22)21(18(23)20-16)15-10-6-3-7-11-15/h2,4-5,8-9,12-13,15,19H,3,6-7,10-11H2,1H3,(H,20,23). The summed E-state index contributed by atoms with van der Waals surface area (Å²) in [7, 11) is 0. The molecule has 3 rings (SSSR count). The highest BCUT2D eigenvalue weighted by molar-refractivity contribution is 5.36. The molecule has 1 fully saturated rings. The van der Waals surface area contributed by atoms with E-state index in [2.05, 4.69) is 10.3 Å². The molecule has 0 bridgehead atoms. The SMILES string of the molecule is CC(Nc1cc(=O)n(C2CCCCC2)c(=O)[nH]1)c1ccccc1. The molecule has 5 heteroatoms. The second-order valence-corrected chi connectivity index (χ2v) is 6.26. The summed E-state index contributed by atoms with van der Waals surface area (Å²) in [4.78, 5) is 27.5. The summed E-state index contributed by atoms with van der Waals surface area (Å²) in [6, 6.07) is 11.5. The molecule has 0 aliphatic heterocycles. The fourth-order valence-electron chi connectivity index (χ4n) is 3.33. The molecule has 0 saturated heterocycles. The number of hydrogen-bond acceptors (Lipinski definition) is 3. The molecular formula is C18H23N3O2. The average molecular weight is 313 g/mol. The number of H-pyrrole nitrogens is 1. The molecule has 1 aromatic heterocycles. The quantitative estimate of drug-likeness (QED) is 0.911. The smallest absolute Gasteiger partial charge is 0.330 e. The molecule has 2 aromatic rings. The first-order valence-corrected chi connectivity index (χ1v) is 8.32. The molecule has 0 spiro atoms. The topological polar surface area (TPSA) is 66.9 Å². The van der Waals surface area contributed by atoms with Crippen molar-refractivity contribution in [1.29, 1.82) is 0 Å². The van der Waals surface area contributed by atoms with Gasteiger partial charge >= 0.3 is 5.69 Å². The normalized spacial score (nSPS) is 16.9. The lowest BCUT2D eigenvalue weighted by Crippen LogP contribution is -2.38. The lowest BCUT2D eigenvalue weighted by Gasteiger charge is -2.23. The Morgan fingerprint density at radius 2 is 1.83 bits per heavy atom. The molecule has 1 aliphatic rings. The maximum absolute atomic E-state index is 12.4. The van der Waals surface area contributed by atoms with Crippen LogP contribution in [0.15, 0.2) is 46.0 Å². The first-order valence-electron chi connectivity index (χ1n) is 8.32. The van der Waals surface area contributed by atoms with Gasteiger partial charge in [0, 0.05) is 18.2 Å². The second-order valence-electron chi connectivity index (χ2n) is 6.26. The molecule has 2 N–H and O–H groups in total. The van der Waals surface area contributed by atoms with Gasteiger partial charge in [-0.15, -0.1) is 0 Å². The fourth-order valence-corrected chi connectivity index (χ4v) is 3.33. The van der Waals surface area contributed by atoms with Gasteiger partial charge in [-0.05, 0) is 25.3 Å². The Hall–Kier alpha value is -2.30. The molecule has 1 atom stereocenters. The predicted octanol–water partition coefficient (Wildman–Crippen LogP) is 3.21. The lowest BCUT2D eigenvalue weighted by atomic mass is 9.95. The molecule has 1 unspecified atom stereocenters. The number of nitrogens with one attached hydrogen (secondary N) is 2. The Kier molecular flexibility index (Phi) is 4.65. The summed E-state index contributed by atoms with van der Waals surface area (Å²) in [5.41, 5.74) is 0.570. The third-order valence-electron chi connectivity index (χ3n) is 4.58. The highest BCUT2D eigenvalue weighted by atomic mass is 16.2. The zero-order chi connectivity index (χ0) is 16.2. The van der Waals surface area contributed by atoms with Crippen LogP contribution in [0.25, 0.3) is 0 Å². The van der Waals surface area contributed by atoms with Crippen LogP contribution < -0.4 is 16.6 Å². The van der Waals surface area contributed by atoms with E-state index in [0.29, 0.717) is 5.82 Å². The molecule has 1 heterocycles. The van der Waals surface area contributed by atoms with E-state index < -0.39 is 0 Å². The predicted molar refractivity (Wildman–Crippen MR) is 91.9 cm³/mol. The summed E-state index contributed by atoms with van der Waals surface area (Å²) in [5, 5.41) is 3.20. The number of nitrogens with zero attached hydrogens (tertiary/aromatic N) is 1. The van der Waals surface area contributed by atoms with Crippen LogP contribution in [-0.4, -0.2) is 9.55 Å². The lowest BCUT2D eigenvalue weighted by molar-refractivity contribution is 0.336. The minimum atomic E-state index is -0.313. The van der Waals surface area contributed by atoms with E-state index in [1.54, 1.807) is 0 Å². The van der Waals surface area contributed by atoms with Crippen molar-refractivity contribution in [3.8, 4) is 0 Å². The molecule has 0 amide bonds. The van der Waals surface area contributed by atoms with Crippen molar-refractivity contribution in [2.75, 3.05) is 5.32 Å². The van der Waals surface area contributed by atoms with Gasteiger partial charge in [-0.3, -0.25) is 14.3 Å². The van der Waals surface area contributed by atoms with Crippen molar-refractivity contribution in [2.24, 2.45) is 0 Å². The van der Waals surface area contributed by atoms with Crippen molar-refractivity contribution in [2.45, 2.75) is 51.1 Å². The van der Waals surface area contributed by atoms with Gasteiger partial charge in [0.25, 0.3) is 5.56 Å². The van der Waals surface area contributed by atoms with E-state index in [-0.39, 0.29) is 23.3 Å². The third-order valence-corrected chi connectivity index (χ3v) is 4.58. The Labute approximate surface area is 135 Å². The van der Waals surface area contributed by atoms with E-state index in [1.807, 2.05) is 37.3 Å². The van der Waals surface area contributed by atoms with Crippen LogP contribution in [0.5, 0.6) is 0 Å². The summed E-state index contributed by atoms with van der Waals surface area (Å²) in [6.45, 7) is 2.00. The Balaban J connectivity index is 1.82. The third kappa shape index (κ3) is 3.55. The minimum absolute atomic E-state index is 0.0109.